The zero-order chi connectivity index (χ0) is 22.2. The van der Waals surface area contributed by atoms with Gasteiger partial charge in [-0.1, -0.05) is 30.3 Å². The lowest BCUT2D eigenvalue weighted by Crippen LogP contribution is -2.44. The molecule has 4 aromatic heterocycles. The van der Waals surface area contributed by atoms with Gasteiger partial charge in [-0.2, -0.15) is 0 Å². The molecule has 5 rings (SSSR count). The number of nitrogen functional groups attached to an aromatic ring is 1. The summed E-state index contributed by atoms with van der Waals surface area (Å²) < 4.78 is 8.72. The molecule has 0 aromatic carbocycles. The Morgan fingerprint density at radius 1 is 1.28 bits per heavy atom. The summed E-state index contributed by atoms with van der Waals surface area (Å²) in [5.74, 6) is 0.643. The van der Waals surface area contributed by atoms with E-state index in [1.54, 1.807) is 29.2 Å². The average molecular weight is 433 g/mol. The lowest BCUT2D eigenvalue weighted by atomic mass is 9.95. The van der Waals surface area contributed by atoms with Crippen molar-refractivity contribution in [3.63, 3.8) is 0 Å². The molecule has 4 aromatic rings. The van der Waals surface area contributed by atoms with E-state index in [1.165, 1.54) is 10.8 Å². The molecule has 0 atom stereocenters. The molecule has 0 radical (unpaired) electrons. The zero-order valence-corrected chi connectivity index (χ0v) is 18.0. The highest BCUT2D eigenvalue weighted by atomic mass is 16.3. The number of rotatable bonds is 4. The summed E-state index contributed by atoms with van der Waals surface area (Å²) in [7, 11) is 0. The molecule has 4 heterocycles. The van der Waals surface area contributed by atoms with Gasteiger partial charge in [-0.05, 0) is 44.0 Å². The number of anilines is 1. The monoisotopic (exact) mass is 432 g/mol. The van der Waals surface area contributed by atoms with E-state index >= 15 is 0 Å². The van der Waals surface area contributed by atoms with Crippen LogP contribution in [0.3, 0.4) is 0 Å². The van der Waals surface area contributed by atoms with Crippen molar-refractivity contribution in [2.24, 2.45) is 0 Å². The van der Waals surface area contributed by atoms with Crippen LogP contribution < -0.4 is 21.2 Å². The molecule has 1 aliphatic rings. The van der Waals surface area contributed by atoms with Crippen molar-refractivity contribution in [1.29, 1.82) is 0 Å². The minimum atomic E-state index is -0.266. The summed E-state index contributed by atoms with van der Waals surface area (Å²) >= 11 is 0. The molecule has 3 N–H and O–H groups in total. The standard InChI is InChI=1S/C24H25N5O3/c1-15-7-5-11-28-21(15)27-22-19(24(28)31)13-18(23(30)26-16-8-3-2-4-9-16)20(25)29(22)14-17-10-6-12-32-17/h5-7,10-13,16,25H,2-4,8-9,14H2,1H3,(H,26,30)/p+1. The molecule has 1 amide bonds. The SMILES string of the molecule is Cc1cccn2c(=O)c3cc(C(=O)NC4CCCCC4)c(N)[n+](Cc4ccco4)c3nc12. The van der Waals surface area contributed by atoms with Gasteiger partial charge in [0.05, 0.1) is 6.26 Å². The van der Waals surface area contributed by atoms with E-state index in [2.05, 4.69) is 5.32 Å². The summed E-state index contributed by atoms with van der Waals surface area (Å²) in [6.45, 7) is 2.16. The number of fused-ring (bicyclic) bond motifs is 2. The first-order valence-corrected chi connectivity index (χ1v) is 11.0. The smallest absolute Gasteiger partial charge is 0.278 e. The van der Waals surface area contributed by atoms with Gasteiger partial charge in [-0.25, -0.2) is 4.57 Å². The van der Waals surface area contributed by atoms with E-state index in [9.17, 15) is 9.59 Å². The van der Waals surface area contributed by atoms with Crippen LogP contribution >= 0.6 is 0 Å². The largest absolute Gasteiger partial charge is 0.466 e. The maximum atomic E-state index is 13.4. The van der Waals surface area contributed by atoms with Crippen LogP contribution in [0.1, 0.15) is 53.8 Å². The normalized spacial score (nSPS) is 14.8. The number of nitrogens with one attached hydrogen (secondary N) is 1. The highest BCUT2D eigenvalue weighted by Gasteiger charge is 2.27. The summed E-state index contributed by atoms with van der Waals surface area (Å²) in [6, 6.07) is 9.03. The van der Waals surface area contributed by atoms with Crippen LogP contribution in [0.5, 0.6) is 0 Å². The number of carbonyl (C=O) groups is 1. The molecule has 1 fully saturated rings. The van der Waals surface area contributed by atoms with Crippen LogP contribution in [-0.4, -0.2) is 21.3 Å². The van der Waals surface area contributed by atoms with E-state index in [-0.39, 0.29) is 35.4 Å². The van der Waals surface area contributed by atoms with Gasteiger partial charge in [-0.15, -0.1) is 0 Å². The van der Waals surface area contributed by atoms with Gasteiger partial charge in [0, 0.05) is 17.8 Å². The van der Waals surface area contributed by atoms with E-state index in [0.717, 1.165) is 31.2 Å². The third-order valence-corrected chi connectivity index (χ3v) is 6.25. The molecule has 164 valence electrons. The number of aryl methyl sites for hydroxylation is 1. The fourth-order valence-electron chi connectivity index (χ4n) is 4.52. The second-order valence-corrected chi connectivity index (χ2v) is 8.46. The Kier molecular flexibility index (Phi) is 5.13. The van der Waals surface area contributed by atoms with Gasteiger partial charge in [0.1, 0.15) is 23.3 Å². The maximum absolute atomic E-state index is 13.4. The van der Waals surface area contributed by atoms with Gasteiger partial charge < -0.3 is 15.5 Å². The molecule has 8 heteroatoms. The van der Waals surface area contributed by atoms with Gasteiger partial charge in [0.25, 0.3) is 17.1 Å². The summed E-state index contributed by atoms with van der Waals surface area (Å²) in [5, 5.41) is 3.44. The molecule has 0 bridgehead atoms. The Hall–Kier alpha value is -3.68. The van der Waals surface area contributed by atoms with Crippen molar-refractivity contribution in [3.8, 4) is 0 Å². The van der Waals surface area contributed by atoms with E-state index in [4.69, 9.17) is 15.1 Å². The Bertz CT molecular complexity index is 1370. The van der Waals surface area contributed by atoms with Crippen molar-refractivity contribution in [1.82, 2.24) is 14.7 Å². The molecule has 0 unspecified atom stereocenters. The van der Waals surface area contributed by atoms with Crippen LogP contribution in [0.4, 0.5) is 5.82 Å². The molecule has 8 nitrogen and oxygen atoms in total. The first-order valence-electron chi connectivity index (χ1n) is 11.0. The number of amides is 1. The minimum absolute atomic E-state index is 0.128. The molecule has 32 heavy (non-hydrogen) atoms. The van der Waals surface area contributed by atoms with E-state index in [1.807, 2.05) is 25.1 Å². The Morgan fingerprint density at radius 3 is 2.84 bits per heavy atom. The van der Waals surface area contributed by atoms with Gasteiger partial charge >= 0.3 is 0 Å². The zero-order valence-electron chi connectivity index (χ0n) is 18.0. The van der Waals surface area contributed by atoms with Crippen LogP contribution in [-0.2, 0) is 6.54 Å². The summed E-state index contributed by atoms with van der Waals surface area (Å²) in [4.78, 5) is 31.4. The predicted molar refractivity (Wildman–Crippen MR) is 120 cm³/mol. The topological polar surface area (TPSA) is 107 Å². The molecular weight excluding hydrogens is 406 g/mol. The van der Waals surface area contributed by atoms with Gasteiger partial charge in [0.15, 0.2) is 0 Å². The molecule has 0 spiro atoms. The van der Waals surface area contributed by atoms with Crippen LogP contribution in [0.15, 0.2) is 52.0 Å². The first kappa shape index (κ1) is 20.2. The van der Waals surface area contributed by atoms with Crippen LogP contribution in [0, 0.1) is 6.92 Å². The lowest BCUT2D eigenvalue weighted by Gasteiger charge is -2.23. The third-order valence-electron chi connectivity index (χ3n) is 6.25. The van der Waals surface area contributed by atoms with Gasteiger partial charge in [-0.3, -0.25) is 14.0 Å². The molecule has 0 saturated heterocycles. The summed E-state index contributed by atoms with van der Waals surface area (Å²) in [6.07, 6.45) is 8.59. The molecular formula is C24H26N5O3+. The predicted octanol–water partition coefficient (Wildman–Crippen LogP) is 2.73. The number of carbonyl (C=O) groups excluding carboxylic acids is 1. The molecule has 1 saturated carbocycles. The fourth-order valence-corrected chi connectivity index (χ4v) is 4.52. The number of hydrogen-bond donors (Lipinski definition) is 2. The third kappa shape index (κ3) is 3.51. The number of nitrogens with two attached hydrogens (primary N) is 1. The van der Waals surface area contributed by atoms with Crippen LogP contribution in [0.2, 0.25) is 0 Å². The second-order valence-electron chi connectivity index (χ2n) is 8.46. The van der Waals surface area contributed by atoms with Crippen molar-refractivity contribution in [3.05, 3.63) is 70.0 Å². The Morgan fingerprint density at radius 2 is 2.09 bits per heavy atom. The van der Waals surface area contributed by atoms with Gasteiger partial charge in [0.2, 0.25) is 11.5 Å². The number of furan rings is 1. The van der Waals surface area contributed by atoms with Crippen LogP contribution in [0.25, 0.3) is 16.7 Å². The van der Waals surface area contributed by atoms with E-state index < -0.39 is 0 Å². The van der Waals surface area contributed by atoms with Crippen molar-refractivity contribution in [2.75, 3.05) is 5.73 Å². The molecule has 1 aliphatic carbocycles. The van der Waals surface area contributed by atoms with Crippen molar-refractivity contribution >= 4 is 28.4 Å². The highest BCUT2D eigenvalue weighted by Crippen LogP contribution is 2.20. The highest BCUT2D eigenvalue weighted by molar-refractivity contribution is 6.00. The first-order chi connectivity index (χ1) is 15.5. The number of nitrogens with zero attached hydrogens (tertiary/aromatic N) is 3. The fraction of sp³-hybridized carbons (Fsp3) is 0.333. The average Bonchev–Trinajstić information content (AvgIpc) is 3.30. The van der Waals surface area contributed by atoms with E-state index in [0.29, 0.717) is 22.4 Å². The van der Waals surface area contributed by atoms with Crippen molar-refractivity contribution in [2.45, 2.75) is 51.6 Å². The summed E-state index contributed by atoms with van der Waals surface area (Å²) in [5.41, 5.74) is 8.40. The quantitative estimate of drug-likeness (QED) is 0.381. The second kappa shape index (κ2) is 8.11. The van der Waals surface area contributed by atoms with Crippen molar-refractivity contribution < 1.29 is 13.8 Å². The number of pyridine rings is 2. The maximum Gasteiger partial charge on any atom is 0.278 e. The lowest BCUT2D eigenvalue weighted by molar-refractivity contribution is -0.651. The Labute approximate surface area is 184 Å². The minimum Gasteiger partial charge on any atom is -0.466 e. The number of hydrogen-bond acceptors (Lipinski definition) is 5. The number of aromatic nitrogens is 3. The Balaban J connectivity index is 1.71. The molecule has 0 aliphatic heterocycles.